The fourth-order valence-electron chi connectivity index (χ4n) is 3.04. The fourth-order valence-corrected chi connectivity index (χ4v) is 3.04. The van der Waals surface area contributed by atoms with Crippen molar-refractivity contribution in [3.8, 4) is 6.07 Å². The molecule has 2 aromatic rings. The molecule has 5 heteroatoms. The summed E-state index contributed by atoms with van der Waals surface area (Å²) in [4.78, 5) is 2.22. The molecule has 22 heavy (non-hydrogen) atoms. The summed E-state index contributed by atoms with van der Waals surface area (Å²) in [5, 5.41) is 23.1. The van der Waals surface area contributed by atoms with E-state index in [1.807, 2.05) is 31.2 Å². The smallest absolute Gasteiger partial charge is 0.137 e. The third kappa shape index (κ3) is 3.35. The number of nitriles is 1. The summed E-state index contributed by atoms with van der Waals surface area (Å²) in [7, 11) is 0. The Morgan fingerprint density at radius 1 is 1.41 bits per heavy atom. The molecule has 0 unspecified atom stereocenters. The molecule has 1 aliphatic rings. The predicted molar refractivity (Wildman–Crippen MR) is 80.9 cm³/mol. The Morgan fingerprint density at radius 3 is 3.00 bits per heavy atom. The number of aryl methyl sites for hydroxylation is 1. The van der Waals surface area contributed by atoms with E-state index in [0.29, 0.717) is 18.5 Å². The van der Waals surface area contributed by atoms with Crippen LogP contribution in [0.4, 0.5) is 0 Å². The monoisotopic (exact) mass is 297 g/mol. The SMILES string of the molecule is Cc1cc(C[C@@H]2CN(Cc3cccc(C#N)c3)C[C@H]2O)on1. The molecule has 2 heterocycles. The minimum Gasteiger partial charge on any atom is -0.391 e. The Labute approximate surface area is 129 Å². The first-order valence-corrected chi connectivity index (χ1v) is 7.45. The van der Waals surface area contributed by atoms with E-state index >= 15 is 0 Å². The molecule has 1 aromatic heterocycles. The van der Waals surface area contributed by atoms with Crippen LogP contribution in [-0.2, 0) is 13.0 Å². The molecule has 0 amide bonds. The molecule has 114 valence electrons. The molecule has 0 bridgehead atoms. The van der Waals surface area contributed by atoms with E-state index in [4.69, 9.17) is 9.78 Å². The molecule has 0 aliphatic carbocycles. The van der Waals surface area contributed by atoms with Crippen molar-refractivity contribution in [2.24, 2.45) is 5.92 Å². The second-order valence-corrected chi connectivity index (χ2v) is 5.97. The van der Waals surface area contributed by atoms with Crippen molar-refractivity contribution >= 4 is 0 Å². The van der Waals surface area contributed by atoms with Crippen molar-refractivity contribution in [2.75, 3.05) is 13.1 Å². The van der Waals surface area contributed by atoms with E-state index in [0.717, 1.165) is 30.1 Å². The van der Waals surface area contributed by atoms with Crippen molar-refractivity contribution < 1.29 is 9.63 Å². The Morgan fingerprint density at radius 2 is 2.27 bits per heavy atom. The summed E-state index contributed by atoms with van der Waals surface area (Å²) in [5.74, 6) is 0.987. The van der Waals surface area contributed by atoms with Crippen LogP contribution in [-0.4, -0.2) is 34.4 Å². The van der Waals surface area contributed by atoms with Crippen molar-refractivity contribution in [3.63, 3.8) is 0 Å². The molecule has 1 aromatic carbocycles. The summed E-state index contributed by atoms with van der Waals surface area (Å²) in [6, 6.07) is 11.7. The third-order valence-electron chi connectivity index (χ3n) is 4.08. The minimum atomic E-state index is -0.357. The zero-order valence-corrected chi connectivity index (χ0v) is 12.6. The lowest BCUT2D eigenvalue weighted by Gasteiger charge is -2.15. The number of β-amino-alcohol motifs (C(OH)–C–C–N with tert-alkyl or cyclic N) is 1. The lowest BCUT2D eigenvalue weighted by Crippen LogP contribution is -2.21. The number of nitrogens with zero attached hydrogens (tertiary/aromatic N) is 3. The average molecular weight is 297 g/mol. The summed E-state index contributed by atoms with van der Waals surface area (Å²) < 4.78 is 5.24. The van der Waals surface area contributed by atoms with Gasteiger partial charge in [0.25, 0.3) is 0 Å². The highest BCUT2D eigenvalue weighted by Crippen LogP contribution is 2.23. The highest BCUT2D eigenvalue weighted by atomic mass is 16.5. The normalized spacial score (nSPS) is 21.9. The largest absolute Gasteiger partial charge is 0.391 e. The van der Waals surface area contributed by atoms with Gasteiger partial charge in [0.1, 0.15) is 5.76 Å². The van der Waals surface area contributed by atoms with Crippen LogP contribution in [0.25, 0.3) is 0 Å². The Hall–Kier alpha value is -2.16. The topological polar surface area (TPSA) is 73.3 Å². The number of aliphatic hydroxyl groups is 1. The zero-order valence-electron chi connectivity index (χ0n) is 12.6. The molecule has 1 fully saturated rings. The van der Waals surface area contributed by atoms with Crippen LogP contribution in [0, 0.1) is 24.2 Å². The molecule has 1 N–H and O–H groups in total. The van der Waals surface area contributed by atoms with Gasteiger partial charge in [0.2, 0.25) is 0 Å². The first-order chi connectivity index (χ1) is 10.6. The molecule has 0 radical (unpaired) electrons. The summed E-state index contributed by atoms with van der Waals surface area (Å²) >= 11 is 0. The first kappa shape index (κ1) is 14.8. The van der Waals surface area contributed by atoms with E-state index in [1.165, 1.54) is 0 Å². The molecule has 3 rings (SSSR count). The first-order valence-electron chi connectivity index (χ1n) is 7.45. The lowest BCUT2D eigenvalue weighted by atomic mass is 10.0. The van der Waals surface area contributed by atoms with Gasteiger partial charge in [-0.2, -0.15) is 5.26 Å². The minimum absolute atomic E-state index is 0.159. The summed E-state index contributed by atoms with van der Waals surface area (Å²) in [5.41, 5.74) is 2.64. The van der Waals surface area contributed by atoms with Gasteiger partial charge in [-0.3, -0.25) is 4.90 Å². The van der Waals surface area contributed by atoms with Crippen LogP contribution < -0.4 is 0 Å². The quantitative estimate of drug-likeness (QED) is 0.933. The number of hydrogen-bond donors (Lipinski definition) is 1. The van der Waals surface area contributed by atoms with Gasteiger partial charge in [0, 0.05) is 38.0 Å². The summed E-state index contributed by atoms with van der Waals surface area (Å²) in [6.07, 6.45) is 0.348. The van der Waals surface area contributed by atoms with Gasteiger partial charge in [-0.25, -0.2) is 0 Å². The van der Waals surface area contributed by atoms with Gasteiger partial charge >= 0.3 is 0 Å². The second-order valence-electron chi connectivity index (χ2n) is 5.97. The van der Waals surface area contributed by atoms with Gasteiger partial charge in [-0.05, 0) is 24.6 Å². The average Bonchev–Trinajstić information content (AvgIpc) is 3.06. The van der Waals surface area contributed by atoms with E-state index < -0.39 is 0 Å². The van der Waals surface area contributed by atoms with Crippen LogP contribution >= 0.6 is 0 Å². The Kier molecular flexibility index (Phi) is 4.23. The van der Waals surface area contributed by atoms with E-state index in [2.05, 4.69) is 16.1 Å². The van der Waals surface area contributed by atoms with Gasteiger partial charge in [0.15, 0.2) is 0 Å². The number of likely N-dealkylation sites (tertiary alicyclic amines) is 1. The van der Waals surface area contributed by atoms with Crippen LogP contribution in [0.3, 0.4) is 0 Å². The number of rotatable bonds is 4. The number of hydrogen-bond acceptors (Lipinski definition) is 5. The molecule has 2 atom stereocenters. The van der Waals surface area contributed by atoms with Gasteiger partial charge in [0.05, 0.1) is 23.4 Å². The van der Waals surface area contributed by atoms with Crippen LogP contribution in [0.1, 0.15) is 22.6 Å². The third-order valence-corrected chi connectivity index (χ3v) is 4.08. The van der Waals surface area contributed by atoms with Crippen LogP contribution in [0.5, 0.6) is 0 Å². The fraction of sp³-hybridized carbons (Fsp3) is 0.412. The molecule has 0 saturated carbocycles. The molecular formula is C17H19N3O2. The van der Waals surface area contributed by atoms with Gasteiger partial charge in [-0.1, -0.05) is 17.3 Å². The standard InChI is InChI=1S/C17H19N3O2/c1-12-5-16(22-19-12)7-15-10-20(11-17(15)21)9-14-4-2-3-13(6-14)8-18/h2-6,15,17,21H,7,9-11H2,1H3/t15-,17-/m1/s1. The molecule has 0 spiro atoms. The number of benzene rings is 1. The number of aliphatic hydroxyl groups excluding tert-OH is 1. The van der Waals surface area contributed by atoms with Crippen molar-refractivity contribution in [1.29, 1.82) is 5.26 Å². The predicted octanol–water partition coefficient (Wildman–Crippen LogP) is 1.89. The second kappa shape index (κ2) is 6.30. The maximum Gasteiger partial charge on any atom is 0.137 e. The van der Waals surface area contributed by atoms with Crippen molar-refractivity contribution in [1.82, 2.24) is 10.1 Å². The van der Waals surface area contributed by atoms with Gasteiger partial charge < -0.3 is 9.63 Å². The lowest BCUT2D eigenvalue weighted by molar-refractivity contribution is 0.137. The van der Waals surface area contributed by atoms with Crippen molar-refractivity contribution in [2.45, 2.75) is 26.0 Å². The number of aromatic nitrogens is 1. The molecule has 1 saturated heterocycles. The maximum atomic E-state index is 10.3. The highest BCUT2D eigenvalue weighted by molar-refractivity contribution is 5.32. The van der Waals surface area contributed by atoms with Gasteiger partial charge in [-0.15, -0.1) is 0 Å². The summed E-state index contributed by atoms with van der Waals surface area (Å²) in [6.45, 7) is 4.11. The molecule has 5 nitrogen and oxygen atoms in total. The maximum absolute atomic E-state index is 10.3. The Bertz CT molecular complexity index is 689. The molecular weight excluding hydrogens is 278 g/mol. The molecule has 1 aliphatic heterocycles. The van der Waals surface area contributed by atoms with E-state index in [9.17, 15) is 5.11 Å². The van der Waals surface area contributed by atoms with Crippen molar-refractivity contribution in [3.05, 3.63) is 52.9 Å². The van der Waals surface area contributed by atoms with E-state index in [-0.39, 0.29) is 12.0 Å². The zero-order chi connectivity index (χ0) is 15.5. The van der Waals surface area contributed by atoms with E-state index in [1.54, 1.807) is 6.07 Å². The van der Waals surface area contributed by atoms with Crippen LogP contribution in [0.2, 0.25) is 0 Å². The Balaban J connectivity index is 1.61. The van der Waals surface area contributed by atoms with Crippen LogP contribution in [0.15, 0.2) is 34.9 Å². The highest BCUT2D eigenvalue weighted by Gasteiger charge is 2.32.